The molecule has 1 nitrogen and oxygen atoms in total. The molecule has 1 aromatic rings. The van der Waals surface area contributed by atoms with Gasteiger partial charge in [-0.1, -0.05) is 61.7 Å². The molecule has 1 N–H and O–H groups in total. The topological polar surface area (TPSA) is 12.0 Å². The maximum Gasteiger partial charge on any atom is 0.0322 e. The molecule has 2 atom stereocenters. The van der Waals surface area contributed by atoms with Crippen molar-refractivity contribution in [2.24, 2.45) is 5.92 Å². The first-order valence-electron chi connectivity index (χ1n) is 7.16. The van der Waals surface area contributed by atoms with Crippen LogP contribution in [0.3, 0.4) is 0 Å². The monoisotopic (exact) mass is 311 g/mol. The third-order valence-corrected chi connectivity index (χ3v) is 3.86. The van der Waals surface area contributed by atoms with Gasteiger partial charge in [-0.05, 0) is 43.0 Å². The quantitative estimate of drug-likeness (QED) is 0.685. The maximum absolute atomic E-state index is 3.68. The van der Waals surface area contributed by atoms with Crippen molar-refractivity contribution in [3.05, 3.63) is 34.3 Å². The summed E-state index contributed by atoms with van der Waals surface area (Å²) in [6.07, 6.45) is 5.02. The fourth-order valence-electron chi connectivity index (χ4n) is 2.36. The number of hydrogen-bond donors (Lipinski definition) is 1. The van der Waals surface area contributed by atoms with Crippen LogP contribution in [0.25, 0.3) is 0 Å². The van der Waals surface area contributed by atoms with Crippen LogP contribution in [0.15, 0.2) is 28.7 Å². The van der Waals surface area contributed by atoms with Crippen LogP contribution >= 0.6 is 15.9 Å². The van der Waals surface area contributed by atoms with E-state index in [-0.39, 0.29) is 0 Å². The number of rotatable bonds is 8. The lowest BCUT2D eigenvalue weighted by atomic mass is 9.93. The highest BCUT2D eigenvalue weighted by atomic mass is 79.9. The summed E-state index contributed by atoms with van der Waals surface area (Å²) in [5.41, 5.74) is 1.41. The van der Waals surface area contributed by atoms with Gasteiger partial charge in [0.05, 0.1) is 0 Å². The molecule has 0 aromatic heterocycles. The average molecular weight is 312 g/mol. The first-order chi connectivity index (χ1) is 8.67. The summed E-state index contributed by atoms with van der Waals surface area (Å²) in [4.78, 5) is 0. The Labute approximate surface area is 120 Å². The van der Waals surface area contributed by atoms with Gasteiger partial charge in [0.15, 0.2) is 0 Å². The maximum atomic E-state index is 3.68. The minimum atomic E-state index is 0.500. The van der Waals surface area contributed by atoms with E-state index in [2.05, 4.69) is 66.3 Å². The Morgan fingerprint density at radius 3 is 2.33 bits per heavy atom. The summed E-state index contributed by atoms with van der Waals surface area (Å²) < 4.78 is 1.15. The van der Waals surface area contributed by atoms with Crippen molar-refractivity contribution >= 4 is 15.9 Å². The molecule has 0 aliphatic heterocycles. The van der Waals surface area contributed by atoms with Gasteiger partial charge in [0, 0.05) is 10.5 Å². The Kier molecular flexibility index (Phi) is 7.60. The molecule has 2 heteroatoms. The smallest absolute Gasteiger partial charge is 0.0322 e. The zero-order valence-corrected chi connectivity index (χ0v) is 13.5. The molecule has 18 heavy (non-hydrogen) atoms. The third kappa shape index (κ3) is 5.53. The summed E-state index contributed by atoms with van der Waals surface area (Å²) in [5, 5.41) is 3.68. The lowest BCUT2D eigenvalue weighted by Crippen LogP contribution is -2.24. The van der Waals surface area contributed by atoms with Crippen LogP contribution in [0.1, 0.15) is 58.1 Å². The minimum absolute atomic E-state index is 0.500. The van der Waals surface area contributed by atoms with Crippen LogP contribution in [-0.4, -0.2) is 6.54 Å². The zero-order chi connectivity index (χ0) is 13.4. The van der Waals surface area contributed by atoms with Crippen LogP contribution < -0.4 is 5.32 Å². The average Bonchev–Trinajstić information content (AvgIpc) is 2.36. The molecule has 0 saturated heterocycles. The van der Waals surface area contributed by atoms with Crippen molar-refractivity contribution in [3.8, 4) is 0 Å². The van der Waals surface area contributed by atoms with Gasteiger partial charge < -0.3 is 5.32 Å². The van der Waals surface area contributed by atoms with Crippen LogP contribution in [-0.2, 0) is 0 Å². The highest BCUT2D eigenvalue weighted by molar-refractivity contribution is 9.10. The molecular formula is C16H26BrN. The van der Waals surface area contributed by atoms with Gasteiger partial charge >= 0.3 is 0 Å². The minimum Gasteiger partial charge on any atom is -0.310 e. The Morgan fingerprint density at radius 2 is 1.78 bits per heavy atom. The Morgan fingerprint density at radius 1 is 1.11 bits per heavy atom. The summed E-state index contributed by atoms with van der Waals surface area (Å²) in [5.74, 6) is 0.785. The van der Waals surface area contributed by atoms with Gasteiger partial charge in [0.2, 0.25) is 0 Å². The zero-order valence-electron chi connectivity index (χ0n) is 11.9. The SMILES string of the molecule is CCCNC(CC(C)CCC)c1ccc(Br)cc1. The molecule has 0 spiro atoms. The number of halogens is 1. The molecule has 0 aliphatic carbocycles. The van der Waals surface area contributed by atoms with E-state index in [4.69, 9.17) is 0 Å². The largest absolute Gasteiger partial charge is 0.310 e. The van der Waals surface area contributed by atoms with E-state index in [0.29, 0.717) is 6.04 Å². The van der Waals surface area contributed by atoms with E-state index in [0.717, 1.165) is 16.9 Å². The van der Waals surface area contributed by atoms with Crippen molar-refractivity contribution < 1.29 is 0 Å². The molecule has 0 heterocycles. The fraction of sp³-hybridized carbons (Fsp3) is 0.625. The van der Waals surface area contributed by atoms with Gasteiger partial charge in [0.1, 0.15) is 0 Å². The molecule has 0 radical (unpaired) electrons. The number of benzene rings is 1. The molecule has 0 fully saturated rings. The second kappa shape index (κ2) is 8.71. The first-order valence-corrected chi connectivity index (χ1v) is 7.95. The normalized spacial score (nSPS) is 14.4. The highest BCUT2D eigenvalue weighted by Gasteiger charge is 2.14. The van der Waals surface area contributed by atoms with Gasteiger partial charge in [-0.15, -0.1) is 0 Å². The summed E-state index contributed by atoms with van der Waals surface area (Å²) in [7, 11) is 0. The second-order valence-corrected chi connectivity index (χ2v) is 6.10. The van der Waals surface area contributed by atoms with E-state index in [1.54, 1.807) is 0 Å². The van der Waals surface area contributed by atoms with Gasteiger partial charge in [-0.2, -0.15) is 0 Å². The van der Waals surface area contributed by atoms with E-state index in [1.165, 1.54) is 31.2 Å². The molecular weight excluding hydrogens is 286 g/mol. The van der Waals surface area contributed by atoms with Crippen molar-refractivity contribution in [2.45, 2.75) is 52.5 Å². The lowest BCUT2D eigenvalue weighted by Gasteiger charge is -2.22. The van der Waals surface area contributed by atoms with E-state index >= 15 is 0 Å². The van der Waals surface area contributed by atoms with Crippen LogP contribution in [0.2, 0.25) is 0 Å². The predicted octanol–water partition coefficient (Wildman–Crippen LogP) is 5.32. The summed E-state index contributed by atoms with van der Waals surface area (Å²) >= 11 is 3.50. The van der Waals surface area contributed by atoms with E-state index < -0.39 is 0 Å². The predicted molar refractivity (Wildman–Crippen MR) is 83.9 cm³/mol. The van der Waals surface area contributed by atoms with Crippen LogP contribution in [0.5, 0.6) is 0 Å². The summed E-state index contributed by atoms with van der Waals surface area (Å²) in [6, 6.07) is 9.24. The Bertz CT molecular complexity index is 320. The fourth-order valence-corrected chi connectivity index (χ4v) is 2.63. The standard InChI is InChI=1S/C16H26BrN/c1-4-6-13(3)12-16(18-11-5-2)14-7-9-15(17)10-8-14/h7-10,13,16,18H,4-6,11-12H2,1-3H3. The number of hydrogen-bond acceptors (Lipinski definition) is 1. The first kappa shape index (κ1) is 15.7. The molecule has 2 unspecified atom stereocenters. The molecule has 0 bridgehead atoms. The summed E-state index contributed by atoms with van der Waals surface area (Å²) in [6.45, 7) is 7.95. The number of nitrogens with one attached hydrogen (secondary N) is 1. The van der Waals surface area contributed by atoms with Gasteiger partial charge in [-0.3, -0.25) is 0 Å². The van der Waals surface area contributed by atoms with Crippen molar-refractivity contribution in [3.63, 3.8) is 0 Å². The van der Waals surface area contributed by atoms with Gasteiger partial charge in [-0.25, -0.2) is 0 Å². The van der Waals surface area contributed by atoms with Crippen LogP contribution in [0.4, 0.5) is 0 Å². The Balaban J connectivity index is 2.67. The van der Waals surface area contributed by atoms with Crippen LogP contribution in [0, 0.1) is 5.92 Å². The van der Waals surface area contributed by atoms with Crippen molar-refractivity contribution in [1.29, 1.82) is 0 Å². The molecule has 0 aliphatic rings. The van der Waals surface area contributed by atoms with E-state index in [1.807, 2.05) is 0 Å². The lowest BCUT2D eigenvalue weighted by molar-refractivity contribution is 0.390. The van der Waals surface area contributed by atoms with E-state index in [9.17, 15) is 0 Å². The third-order valence-electron chi connectivity index (χ3n) is 3.33. The molecule has 1 rings (SSSR count). The van der Waals surface area contributed by atoms with Gasteiger partial charge in [0.25, 0.3) is 0 Å². The van der Waals surface area contributed by atoms with Crippen molar-refractivity contribution in [2.75, 3.05) is 6.54 Å². The molecule has 102 valence electrons. The highest BCUT2D eigenvalue weighted by Crippen LogP contribution is 2.25. The second-order valence-electron chi connectivity index (χ2n) is 5.19. The molecule has 1 aromatic carbocycles. The van der Waals surface area contributed by atoms with Crippen molar-refractivity contribution in [1.82, 2.24) is 5.32 Å². The molecule has 0 saturated carbocycles. The Hall–Kier alpha value is -0.340. The molecule has 0 amide bonds.